The van der Waals surface area contributed by atoms with Crippen molar-refractivity contribution in [1.82, 2.24) is 14.7 Å². The number of aromatic hydroxyl groups is 1. The number of carbonyl (C=O) groups is 11. The topological polar surface area (TPSA) is 466 Å². The summed E-state index contributed by atoms with van der Waals surface area (Å²) in [7, 11) is 0. The number of hydrogen-bond donors (Lipinski definition) is 4. The average molecular weight is 1400 g/mol. The number of ether oxygens (including phenoxy) is 5. The predicted octanol–water partition coefficient (Wildman–Crippen LogP) is 8.07. The third kappa shape index (κ3) is 14.4. The highest BCUT2D eigenvalue weighted by Crippen LogP contribution is 2.51. The number of aliphatic hydroxyl groups is 1. The lowest BCUT2D eigenvalue weighted by molar-refractivity contribution is -0.385. The summed E-state index contributed by atoms with van der Waals surface area (Å²) in [5, 5.41) is 52.0. The quantitative estimate of drug-likeness (QED) is 0.0167. The Morgan fingerprint density at radius 1 is 0.412 bits per heavy atom. The highest BCUT2D eigenvalue weighted by molar-refractivity contribution is 6.13. The van der Waals surface area contributed by atoms with Crippen LogP contribution in [0.4, 0.5) is 26.7 Å². The van der Waals surface area contributed by atoms with Crippen molar-refractivity contribution in [3.8, 4) is 17.2 Å². The molecule has 0 bridgehead atoms. The summed E-state index contributed by atoms with van der Waals surface area (Å²) in [5.74, 6) is -7.66. The summed E-state index contributed by atoms with van der Waals surface area (Å²) in [6.45, 7) is 9.20. The number of fused-ring (bicyclic) bond motifs is 3. The molecule has 3 fully saturated rings. The second kappa shape index (κ2) is 29.1. The van der Waals surface area contributed by atoms with Gasteiger partial charge in [-0.25, -0.2) is 38.4 Å². The predicted molar refractivity (Wildman–Crippen MR) is 350 cm³/mol. The highest BCUT2D eigenvalue weighted by atomic mass is 16.6. The van der Waals surface area contributed by atoms with Crippen LogP contribution in [-0.2, 0) is 43.0 Å². The maximum Gasteiger partial charge on any atom is 0.409 e. The van der Waals surface area contributed by atoms with Crippen molar-refractivity contribution in [2.75, 3.05) is 0 Å². The van der Waals surface area contributed by atoms with E-state index in [0.717, 1.165) is 48.5 Å². The van der Waals surface area contributed by atoms with E-state index in [4.69, 9.17) is 35.2 Å². The Morgan fingerprint density at radius 2 is 0.667 bits per heavy atom. The molecule has 32 nitrogen and oxygen atoms in total. The molecular weight excluding hydrogens is 1340 g/mol. The molecule has 3 saturated heterocycles. The van der Waals surface area contributed by atoms with Crippen molar-refractivity contribution < 1.29 is 101 Å². The van der Waals surface area contributed by atoms with E-state index >= 15 is 0 Å². The average Bonchev–Trinajstić information content (AvgIpc) is 1.57. The molecule has 6 heterocycles. The van der Waals surface area contributed by atoms with Gasteiger partial charge >= 0.3 is 48.0 Å². The minimum Gasteiger partial charge on any atom is -0.508 e. The van der Waals surface area contributed by atoms with Gasteiger partial charge in [-0.1, -0.05) is 64.1 Å². The van der Waals surface area contributed by atoms with E-state index in [1.54, 1.807) is 36.4 Å². The van der Waals surface area contributed by atoms with Gasteiger partial charge in [0.05, 0.1) is 73.4 Å². The van der Waals surface area contributed by atoms with Crippen LogP contribution < -0.4 is 20.9 Å². The summed E-state index contributed by atoms with van der Waals surface area (Å²) < 4.78 is 24.7. The van der Waals surface area contributed by atoms with E-state index in [1.165, 1.54) is 82.3 Å². The Bertz CT molecular complexity index is 4410. The van der Waals surface area contributed by atoms with Gasteiger partial charge in [-0.2, -0.15) is 0 Å². The number of nitro benzene ring substituents is 3. The van der Waals surface area contributed by atoms with E-state index in [1.807, 2.05) is 27.7 Å². The van der Waals surface area contributed by atoms with Crippen molar-refractivity contribution >= 4 is 99.5 Å². The number of hydrogen-bond acceptors (Lipinski definition) is 24. The van der Waals surface area contributed by atoms with Gasteiger partial charge in [-0.3, -0.25) is 44.7 Å². The zero-order valence-corrected chi connectivity index (χ0v) is 54.4. The number of primary amides is 2. The number of esters is 6. The van der Waals surface area contributed by atoms with Crippen molar-refractivity contribution in [2.45, 2.75) is 78.1 Å². The first kappa shape index (κ1) is 71.6. The molecule has 32 heteroatoms. The molecule has 6 aliphatic rings. The van der Waals surface area contributed by atoms with E-state index in [-0.39, 0.29) is 122 Å². The number of rotatable bonds is 17. The molecule has 102 heavy (non-hydrogen) atoms. The van der Waals surface area contributed by atoms with Gasteiger partial charge in [0.25, 0.3) is 17.1 Å². The standard InChI is InChI=1S/C24H21N3O8.C23H19N3O9.C23H20N2O7/c1-12(2)19-18-11-17(13-5-9-16(10-6-13)34-24(25)31)20(26(18)21(19)28)23(30)35-22(29)14-3-7-15(8-4-14)27(32)33;1-11(27)18-17-10-16(12-4-8-15(9-5-12)34-23(24)31)19(25(17)20(18)28)22(30)35-21(29)13-2-6-14(7-3-13)26(32)33;1-12(2)19-18-11-17(13-5-9-16(26)10-6-13)20(24(18)21(19)27)23(29)32-22(28)14-3-7-15(8-4-14)25(30)31/h3-10,12,18-19H,11H2,1-2H3,(H2,25,31);2-9,11,17-18,27H,10H2,1H3,(H2,24,31);3-10,12,18-19,26H,11H2,1-2H3/t18-,19-;11-,17-,18-;18-,19-/m111/s1. The molecule has 0 unspecified atom stereocenters. The monoisotopic (exact) mass is 1400 g/mol. The van der Waals surface area contributed by atoms with Gasteiger partial charge in [0.1, 0.15) is 34.3 Å². The number of phenols is 1. The lowest BCUT2D eigenvalue weighted by Crippen LogP contribution is -2.61. The summed E-state index contributed by atoms with van der Waals surface area (Å²) in [6.07, 6.45) is -1.90. The number of amides is 5. The van der Waals surface area contributed by atoms with Crippen LogP contribution in [0.1, 0.15) is 102 Å². The maximum absolute atomic E-state index is 13.1. The minimum absolute atomic E-state index is 0.0119. The van der Waals surface area contributed by atoms with Crippen molar-refractivity contribution in [2.24, 2.45) is 41.1 Å². The second-order valence-corrected chi connectivity index (χ2v) is 24.6. The van der Waals surface area contributed by atoms with Gasteiger partial charge < -0.3 is 60.1 Å². The van der Waals surface area contributed by atoms with Crippen LogP contribution in [0.5, 0.6) is 17.2 Å². The molecule has 0 aliphatic carbocycles. The zero-order valence-electron chi connectivity index (χ0n) is 54.4. The smallest absolute Gasteiger partial charge is 0.409 e. The molecule has 5 amide bonds. The third-order valence-electron chi connectivity index (χ3n) is 17.7. The lowest BCUT2D eigenvalue weighted by Gasteiger charge is -2.45. The first-order chi connectivity index (χ1) is 48.3. The molecular formula is C70H60N8O24. The largest absolute Gasteiger partial charge is 0.508 e. The number of nitrogens with zero attached hydrogens (tertiary/aromatic N) is 6. The Kier molecular flexibility index (Phi) is 20.5. The molecule has 6 aromatic carbocycles. The number of phenolic OH excluding ortho intramolecular Hbond substituents is 1. The fraction of sp³-hybridized carbons (Fsp3) is 0.243. The molecule has 0 saturated carbocycles. The van der Waals surface area contributed by atoms with Crippen LogP contribution >= 0.6 is 0 Å². The van der Waals surface area contributed by atoms with Crippen LogP contribution in [0.15, 0.2) is 163 Å². The number of aliphatic hydroxyl groups excluding tert-OH is 1. The molecule has 0 radical (unpaired) electrons. The summed E-state index contributed by atoms with van der Waals surface area (Å²) >= 11 is 0. The summed E-state index contributed by atoms with van der Waals surface area (Å²) in [6, 6.07) is 31.2. The van der Waals surface area contributed by atoms with Gasteiger partial charge in [0.15, 0.2) is 0 Å². The Hall–Kier alpha value is -13.1. The van der Waals surface area contributed by atoms with E-state index in [0.29, 0.717) is 46.3 Å². The van der Waals surface area contributed by atoms with Crippen molar-refractivity contribution in [3.63, 3.8) is 0 Å². The molecule has 524 valence electrons. The first-order valence-electron chi connectivity index (χ1n) is 31.2. The number of nitrogens with two attached hydrogens (primary N) is 2. The molecule has 0 spiro atoms. The fourth-order valence-corrected chi connectivity index (χ4v) is 13.0. The Morgan fingerprint density at radius 3 is 0.912 bits per heavy atom. The molecule has 7 atom stereocenters. The van der Waals surface area contributed by atoms with E-state index in [9.17, 15) is 93.3 Å². The van der Waals surface area contributed by atoms with Gasteiger partial charge in [0.2, 0.25) is 17.7 Å². The van der Waals surface area contributed by atoms with Gasteiger partial charge in [0, 0.05) is 36.4 Å². The number of nitro groups is 3. The normalized spacial score (nSPS) is 19.3. The number of carbonyl (C=O) groups excluding carboxylic acids is 11. The number of benzene rings is 6. The molecule has 6 aromatic rings. The number of non-ortho nitro benzene ring substituents is 3. The Balaban J connectivity index is 0.000000165. The summed E-state index contributed by atoms with van der Waals surface area (Å²) in [5.41, 5.74) is 12.2. The molecule has 12 rings (SSSR count). The third-order valence-corrected chi connectivity index (χ3v) is 17.7. The van der Waals surface area contributed by atoms with Crippen LogP contribution in [0.3, 0.4) is 0 Å². The van der Waals surface area contributed by atoms with E-state index < -0.39 is 86.7 Å². The SMILES string of the molecule is CC(C)[C@H]1C(=O)N2C(C(=O)OC(=O)c3ccc([N+](=O)[O-])cc3)=C(c3ccc(O)cc3)C[C@H]12.CC(C)[C@H]1C(=O)N2C(C(=O)OC(=O)c3ccc([N+](=O)[O-])cc3)=C(c3ccc(OC(N)=O)cc3)C[C@H]12.C[C@@H](O)[C@H]1C(=O)N2C(C(=O)OC(=O)c3ccc([N+](=O)[O-])cc3)=C(c3ccc(OC(N)=O)cc3)C[C@H]12. The van der Waals surface area contributed by atoms with Crippen LogP contribution in [-0.4, -0.2) is 130 Å². The molecule has 6 aliphatic heterocycles. The second-order valence-electron chi connectivity index (χ2n) is 24.6. The van der Waals surface area contributed by atoms with Crippen LogP contribution in [0, 0.1) is 59.9 Å². The van der Waals surface area contributed by atoms with Crippen LogP contribution in [0.25, 0.3) is 16.7 Å². The van der Waals surface area contributed by atoms with Gasteiger partial charge in [-0.05, 0) is 144 Å². The van der Waals surface area contributed by atoms with Crippen molar-refractivity contribution in [3.05, 3.63) is 226 Å². The fourth-order valence-electron chi connectivity index (χ4n) is 13.0. The highest BCUT2D eigenvalue weighted by Gasteiger charge is 2.59. The lowest BCUT2D eigenvalue weighted by atomic mass is 9.78. The first-order valence-corrected chi connectivity index (χ1v) is 31.2. The van der Waals surface area contributed by atoms with E-state index in [2.05, 4.69) is 0 Å². The zero-order chi connectivity index (χ0) is 74.0. The van der Waals surface area contributed by atoms with Crippen molar-refractivity contribution in [1.29, 1.82) is 0 Å². The maximum atomic E-state index is 13.1. The number of β-lactam (4-membered cyclic amide) rings is 3. The summed E-state index contributed by atoms with van der Waals surface area (Å²) in [4.78, 5) is 172. The van der Waals surface area contributed by atoms with Crippen LogP contribution in [0.2, 0.25) is 0 Å². The van der Waals surface area contributed by atoms with Gasteiger partial charge in [-0.15, -0.1) is 0 Å². The minimum atomic E-state index is -1.08. The Labute approximate surface area is 576 Å². The molecule has 6 N–H and O–H groups in total. The molecule has 0 aromatic heterocycles.